The van der Waals surface area contributed by atoms with Crippen LogP contribution < -0.4 is 11.1 Å². The lowest BCUT2D eigenvalue weighted by Crippen LogP contribution is -2.03. The van der Waals surface area contributed by atoms with Crippen LogP contribution >= 0.6 is 0 Å². The maximum absolute atomic E-state index is 11.9. The first-order chi connectivity index (χ1) is 12.7. The number of nitrogens with one attached hydrogen (secondary N) is 1. The number of halogens is 3. The molecule has 0 spiro atoms. The van der Waals surface area contributed by atoms with E-state index in [-0.39, 0.29) is 0 Å². The van der Waals surface area contributed by atoms with Crippen molar-refractivity contribution in [2.45, 2.75) is 20.0 Å². The van der Waals surface area contributed by atoms with Crippen molar-refractivity contribution < 1.29 is 13.2 Å². The van der Waals surface area contributed by atoms with Crippen molar-refractivity contribution >= 4 is 17.8 Å². The van der Waals surface area contributed by atoms with E-state index in [0.717, 1.165) is 41.2 Å². The third kappa shape index (κ3) is 9.42. The molecular weight excluding hydrogens is 351 g/mol. The summed E-state index contributed by atoms with van der Waals surface area (Å²) in [6.07, 6.45) is 2.57. The number of anilines is 1. The van der Waals surface area contributed by atoms with E-state index in [1.807, 2.05) is 13.0 Å². The van der Waals surface area contributed by atoms with Crippen LogP contribution in [0.15, 0.2) is 62.5 Å². The molecule has 0 aliphatic rings. The second-order valence-corrected chi connectivity index (χ2v) is 5.23. The Morgan fingerprint density at radius 2 is 1.67 bits per heavy atom. The van der Waals surface area contributed by atoms with Crippen LogP contribution in [-0.2, 0) is 6.18 Å². The Morgan fingerprint density at radius 1 is 1.11 bits per heavy atom. The fourth-order valence-corrected chi connectivity index (χ4v) is 1.77. The van der Waals surface area contributed by atoms with Gasteiger partial charge in [0.2, 0.25) is 0 Å². The molecule has 146 valence electrons. The van der Waals surface area contributed by atoms with Gasteiger partial charge in [0, 0.05) is 5.56 Å². The number of hydrogen-bond acceptors (Lipinski definition) is 3. The van der Waals surface area contributed by atoms with E-state index in [4.69, 9.17) is 5.73 Å². The van der Waals surface area contributed by atoms with Crippen molar-refractivity contribution in [2.75, 3.05) is 11.9 Å². The molecule has 0 atom stereocenters. The highest BCUT2D eigenvalue weighted by atomic mass is 19.4. The van der Waals surface area contributed by atoms with Crippen molar-refractivity contribution in [1.29, 1.82) is 0 Å². The van der Waals surface area contributed by atoms with Gasteiger partial charge in [-0.1, -0.05) is 50.4 Å². The number of nitrogens with two attached hydrogens (primary N) is 1. The first kappa shape index (κ1) is 24.1. The van der Waals surface area contributed by atoms with Crippen molar-refractivity contribution in [3.63, 3.8) is 0 Å². The van der Waals surface area contributed by atoms with Gasteiger partial charge in [-0.3, -0.25) is 4.98 Å². The Balaban J connectivity index is 0.000000442. The van der Waals surface area contributed by atoms with Crippen molar-refractivity contribution in [1.82, 2.24) is 4.98 Å². The highest BCUT2D eigenvalue weighted by molar-refractivity contribution is 5.64. The average molecular weight is 377 g/mol. The number of alkyl halides is 3. The Hall–Kier alpha value is -2.86. The lowest BCUT2D eigenvalue weighted by Gasteiger charge is -2.05. The highest BCUT2D eigenvalue weighted by Gasteiger charge is 2.29. The summed E-state index contributed by atoms with van der Waals surface area (Å²) in [4.78, 5) is 4.19. The fourth-order valence-electron chi connectivity index (χ4n) is 1.77. The summed E-state index contributed by atoms with van der Waals surface area (Å²) >= 11 is 0. The lowest BCUT2D eigenvalue weighted by molar-refractivity contribution is -0.137. The normalized spacial score (nSPS) is 9.70. The minimum absolute atomic E-state index is 0.594. The quantitative estimate of drug-likeness (QED) is 0.697. The minimum atomic E-state index is -4.21. The third-order valence-electron chi connectivity index (χ3n) is 3.01. The van der Waals surface area contributed by atoms with E-state index in [1.165, 1.54) is 12.1 Å². The largest absolute Gasteiger partial charge is 0.416 e. The molecule has 27 heavy (non-hydrogen) atoms. The van der Waals surface area contributed by atoms with Crippen LogP contribution in [0.5, 0.6) is 0 Å². The predicted molar refractivity (Wildman–Crippen MR) is 109 cm³/mol. The molecule has 3 N–H and O–H groups in total. The van der Waals surface area contributed by atoms with Crippen LogP contribution in [0.25, 0.3) is 12.2 Å². The molecule has 2 rings (SSSR count). The molecule has 1 aromatic carbocycles. The van der Waals surface area contributed by atoms with Gasteiger partial charge in [0.05, 0.1) is 23.1 Å². The zero-order chi connectivity index (χ0) is 20.9. The number of nitrogens with zero attached hydrogens (tertiary/aromatic N) is 1. The van der Waals surface area contributed by atoms with E-state index < -0.39 is 11.7 Å². The molecule has 0 unspecified atom stereocenters. The summed E-state index contributed by atoms with van der Waals surface area (Å²) in [7, 11) is 0. The maximum atomic E-state index is 11.9. The molecule has 1 aromatic heterocycles. The van der Waals surface area contributed by atoms with Gasteiger partial charge in [-0.2, -0.15) is 13.2 Å². The number of benzene rings is 1. The van der Waals surface area contributed by atoms with Gasteiger partial charge in [-0.15, -0.1) is 0 Å². The molecule has 0 aliphatic heterocycles. The van der Waals surface area contributed by atoms with E-state index >= 15 is 0 Å². The molecule has 0 fully saturated rings. The molecule has 2 aromatic rings. The van der Waals surface area contributed by atoms with Gasteiger partial charge in [0.1, 0.15) is 0 Å². The minimum Gasteiger partial charge on any atom is -0.361 e. The summed E-state index contributed by atoms with van der Waals surface area (Å²) < 4.78 is 35.8. The third-order valence-corrected chi connectivity index (χ3v) is 3.01. The van der Waals surface area contributed by atoms with E-state index in [9.17, 15) is 13.2 Å². The summed E-state index contributed by atoms with van der Waals surface area (Å²) in [6, 6.07) is 7.00. The van der Waals surface area contributed by atoms with Crippen molar-refractivity contribution in [3.8, 4) is 0 Å². The standard InChI is InChI=1S/C11H12N2.C8H7F3.C2H7N/c1-4-9-7-10(12-6-3)8-13-11(9)5-2;1-6-2-4-7(5-3-6)8(9,10)11;1-2-3/h4-8,12H,1-3H2;2-5H,1H3;2-3H2,1H3. The van der Waals surface area contributed by atoms with Gasteiger partial charge in [0.25, 0.3) is 0 Å². The number of aromatic nitrogens is 1. The van der Waals surface area contributed by atoms with Gasteiger partial charge >= 0.3 is 6.18 Å². The second kappa shape index (κ2) is 12.5. The summed E-state index contributed by atoms with van der Waals surface area (Å²) in [6.45, 7) is 15.3. The zero-order valence-electron chi connectivity index (χ0n) is 15.7. The van der Waals surface area contributed by atoms with Crippen LogP contribution in [0.2, 0.25) is 0 Å². The van der Waals surface area contributed by atoms with Crippen LogP contribution in [0.3, 0.4) is 0 Å². The first-order valence-electron chi connectivity index (χ1n) is 8.19. The molecule has 0 bridgehead atoms. The first-order valence-corrected chi connectivity index (χ1v) is 8.19. The Labute approximate surface area is 159 Å². The molecule has 3 nitrogen and oxygen atoms in total. The SMILES string of the molecule is C=CNc1cnc(C=C)c(C=C)c1.CCN.Cc1ccc(C(F)(F)F)cc1. The molecule has 0 radical (unpaired) electrons. The van der Waals surface area contributed by atoms with Crippen LogP contribution in [0, 0.1) is 6.92 Å². The highest BCUT2D eigenvalue weighted by Crippen LogP contribution is 2.28. The number of hydrogen-bond donors (Lipinski definition) is 2. The topological polar surface area (TPSA) is 50.9 Å². The number of rotatable bonds is 4. The van der Waals surface area contributed by atoms with Crippen LogP contribution in [0.4, 0.5) is 18.9 Å². The maximum Gasteiger partial charge on any atom is 0.416 e. The zero-order valence-corrected chi connectivity index (χ0v) is 15.7. The number of aryl methyl sites for hydroxylation is 1. The van der Waals surface area contributed by atoms with Crippen LogP contribution in [0.1, 0.15) is 29.3 Å². The Kier molecular flexibility index (Phi) is 11.2. The summed E-state index contributed by atoms with van der Waals surface area (Å²) in [5.74, 6) is 0. The molecular formula is C21H26F3N3. The smallest absolute Gasteiger partial charge is 0.361 e. The fraction of sp³-hybridized carbons (Fsp3) is 0.190. The van der Waals surface area contributed by atoms with Crippen molar-refractivity contribution in [2.24, 2.45) is 5.73 Å². The molecule has 0 amide bonds. The molecule has 6 heteroatoms. The molecule has 1 heterocycles. The summed E-state index contributed by atoms with van der Waals surface area (Å²) in [5, 5.41) is 2.95. The van der Waals surface area contributed by atoms with Crippen LogP contribution in [-0.4, -0.2) is 11.5 Å². The average Bonchev–Trinajstić information content (AvgIpc) is 2.62. The Bertz CT molecular complexity index is 720. The lowest BCUT2D eigenvalue weighted by atomic mass is 10.1. The Morgan fingerprint density at radius 3 is 2.07 bits per heavy atom. The monoisotopic (exact) mass is 377 g/mol. The number of pyridine rings is 1. The second-order valence-electron chi connectivity index (χ2n) is 5.23. The van der Waals surface area contributed by atoms with E-state index in [0.29, 0.717) is 0 Å². The van der Waals surface area contributed by atoms with Gasteiger partial charge in [0.15, 0.2) is 0 Å². The van der Waals surface area contributed by atoms with Gasteiger partial charge < -0.3 is 11.1 Å². The van der Waals surface area contributed by atoms with E-state index in [1.54, 1.807) is 31.5 Å². The van der Waals surface area contributed by atoms with Crippen molar-refractivity contribution in [3.05, 3.63) is 84.8 Å². The van der Waals surface area contributed by atoms with Gasteiger partial charge in [-0.05, 0) is 43.9 Å². The molecule has 0 saturated heterocycles. The van der Waals surface area contributed by atoms with Gasteiger partial charge in [-0.25, -0.2) is 0 Å². The van der Waals surface area contributed by atoms with E-state index in [2.05, 4.69) is 30.0 Å². The molecule has 0 saturated carbocycles. The molecule has 0 aliphatic carbocycles. The summed E-state index contributed by atoms with van der Waals surface area (Å²) in [5.41, 5.74) is 7.78. The predicted octanol–water partition coefficient (Wildman–Crippen LogP) is 5.90.